The quantitative estimate of drug-likeness (QED) is 0.386. The van der Waals surface area contributed by atoms with Crippen molar-refractivity contribution in [3.8, 4) is 0 Å². The first-order chi connectivity index (χ1) is 10.8. The zero-order chi connectivity index (χ0) is 16.8. The summed E-state index contributed by atoms with van der Waals surface area (Å²) in [5.41, 5.74) is 7.00. The zero-order valence-electron chi connectivity index (χ0n) is 12.2. The molecule has 3 atom stereocenters. The number of nitrogen functional groups attached to an aromatic ring is 1. The van der Waals surface area contributed by atoms with E-state index in [1.165, 1.54) is 6.33 Å². The molecule has 0 unspecified atom stereocenters. The van der Waals surface area contributed by atoms with Crippen LogP contribution in [0.1, 0.15) is 12.6 Å². The number of hydrogen-bond donors (Lipinski definition) is 4. The molecule has 23 heavy (non-hydrogen) atoms. The van der Waals surface area contributed by atoms with Gasteiger partial charge in [0.25, 0.3) is 5.65 Å². The van der Waals surface area contributed by atoms with Gasteiger partial charge in [-0.2, -0.15) is 9.55 Å². The number of nitrogens with two attached hydrogens (primary N) is 1. The van der Waals surface area contributed by atoms with Crippen LogP contribution in [0.5, 0.6) is 0 Å². The second-order valence-electron chi connectivity index (χ2n) is 5.28. The van der Waals surface area contributed by atoms with Gasteiger partial charge in [0, 0.05) is 6.42 Å². The molecule has 12 heteroatoms. The molecule has 0 aliphatic carbocycles. The zero-order valence-corrected chi connectivity index (χ0v) is 13.1. The highest BCUT2D eigenvalue weighted by molar-refractivity contribution is 7.46. The van der Waals surface area contributed by atoms with Gasteiger partial charge >= 0.3 is 7.82 Å². The summed E-state index contributed by atoms with van der Waals surface area (Å²) < 4.78 is 24.2. The van der Waals surface area contributed by atoms with E-state index in [4.69, 9.17) is 20.3 Å². The van der Waals surface area contributed by atoms with Gasteiger partial charge in [0.1, 0.15) is 12.4 Å². The maximum absolute atomic E-state index is 10.8. The summed E-state index contributed by atoms with van der Waals surface area (Å²) in [6.45, 7) is -0.412. The van der Waals surface area contributed by atoms with Crippen LogP contribution in [0.3, 0.4) is 0 Å². The molecule has 3 rings (SSSR count). The highest BCUT2D eigenvalue weighted by Crippen LogP contribution is 2.38. The fourth-order valence-corrected chi connectivity index (χ4v) is 2.97. The molecule has 0 radical (unpaired) electrons. The number of phosphoric ester groups is 1. The largest absolute Gasteiger partial charge is 0.469 e. The van der Waals surface area contributed by atoms with Crippen LogP contribution < -0.4 is 10.3 Å². The Kier molecular flexibility index (Phi) is 4.08. The van der Waals surface area contributed by atoms with Crippen molar-refractivity contribution in [3.63, 3.8) is 0 Å². The van der Waals surface area contributed by atoms with Crippen molar-refractivity contribution in [3.05, 3.63) is 12.7 Å². The Morgan fingerprint density at radius 1 is 1.57 bits per heavy atom. The van der Waals surface area contributed by atoms with E-state index in [0.717, 1.165) is 0 Å². The molecule has 0 aromatic carbocycles. The second kappa shape index (κ2) is 5.78. The number of aliphatic hydroxyl groups is 1. The molecule has 1 saturated heterocycles. The van der Waals surface area contributed by atoms with Gasteiger partial charge in [-0.1, -0.05) is 0 Å². The predicted molar refractivity (Wildman–Crippen MR) is 75.6 cm³/mol. The molecule has 11 nitrogen and oxygen atoms in total. The summed E-state index contributed by atoms with van der Waals surface area (Å²) >= 11 is 0. The topological polar surface area (TPSA) is 157 Å². The molecule has 5 N–H and O–H groups in total. The molecule has 0 spiro atoms. The molecule has 1 fully saturated rings. The van der Waals surface area contributed by atoms with E-state index in [2.05, 4.69) is 14.5 Å². The monoisotopic (exact) mass is 346 g/mol. The Hall–Kier alpha value is -1.62. The van der Waals surface area contributed by atoms with E-state index in [0.29, 0.717) is 17.0 Å². The number of rotatable bonds is 4. The minimum atomic E-state index is -4.62. The number of phosphoric acid groups is 1. The van der Waals surface area contributed by atoms with Crippen LogP contribution in [0, 0.1) is 0 Å². The lowest BCUT2D eigenvalue weighted by Gasteiger charge is -2.14. The predicted octanol–water partition coefficient (Wildman–Crippen LogP) is -1.40. The van der Waals surface area contributed by atoms with Gasteiger partial charge < -0.3 is 25.4 Å². The molecular formula is C11H17N5O6P+. The van der Waals surface area contributed by atoms with Crippen molar-refractivity contribution >= 4 is 24.8 Å². The highest BCUT2D eigenvalue weighted by atomic mass is 31.2. The van der Waals surface area contributed by atoms with Crippen LogP contribution in [-0.4, -0.2) is 48.2 Å². The van der Waals surface area contributed by atoms with Crippen molar-refractivity contribution in [1.82, 2.24) is 14.5 Å². The van der Waals surface area contributed by atoms with Crippen molar-refractivity contribution in [2.24, 2.45) is 7.05 Å². The number of ether oxygens (including phenoxy) is 1. The smallest absolute Gasteiger partial charge is 0.390 e. The van der Waals surface area contributed by atoms with E-state index in [9.17, 15) is 9.67 Å². The van der Waals surface area contributed by atoms with Gasteiger partial charge in [0.05, 0.1) is 19.8 Å². The van der Waals surface area contributed by atoms with Crippen molar-refractivity contribution < 1.29 is 33.3 Å². The summed E-state index contributed by atoms with van der Waals surface area (Å²) in [6.07, 6.45) is 0.923. The van der Waals surface area contributed by atoms with Crippen LogP contribution in [0.25, 0.3) is 11.2 Å². The summed E-state index contributed by atoms with van der Waals surface area (Å²) in [4.78, 5) is 25.6. The molecule has 2 aromatic rings. The SMILES string of the molecule is C[n+]1cn([C@H]2C[C@H](O)[C@@H](COP(=O)(O)O)O2)c2ncnc(N)c21. The van der Waals surface area contributed by atoms with Crippen LogP contribution in [0.4, 0.5) is 5.82 Å². The van der Waals surface area contributed by atoms with Crippen molar-refractivity contribution in [2.45, 2.75) is 24.9 Å². The first kappa shape index (κ1) is 16.2. The van der Waals surface area contributed by atoms with E-state index < -0.39 is 32.9 Å². The number of imidazole rings is 1. The third-order valence-corrected chi connectivity index (χ3v) is 4.13. The van der Waals surface area contributed by atoms with E-state index in [1.54, 1.807) is 22.5 Å². The van der Waals surface area contributed by atoms with Crippen molar-refractivity contribution in [2.75, 3.05) is 12.3 Å². The summed E-state index contributed by atoms with van der Waals surface area (Å²) in [5, 5.41) is 10.0. The number of aliphatic hydroxyl groups excluding tert-OH is 1. The molecule has 1 aliphatic heterocycles. The van der Waals surface area contributed by atoms with Gasteiger partial charge in [-0.25, -0.2) is 14.1 Å². The molecule has 2 aromatic heterocycles. The third-order valence-electron chi connectivity index (χ3n) is 3.65. The maximum Gasteiger partial charge on any atom is 0.469 e. The van der Waals surface area contributed by atoms with E-state index in [-0.39, 0.29) is 6.42 Å². The summed E-state index contributed by atoms with van der Waals surface area (Å²) in [7, 11) is -2.84. The van der Waals surface area contributed by atoms with Crippen molar-refractivity contribution in [1.29, 1.82) is 0 Å². The van der Waals surface area contributed by atoms with Gasteiger partial charge in [0.2, 0.25) is 18.1 Å². The maximum atomic E-state index is 10.8. The van der Waals surface area contributed by atoms with E-state index >= 15 is 0 Å². The molecule has 0 saturated carbocycles. The average Bonchev–Trinajstić information content (AvgIpc) is 2.98. The van der Waals surface area contributed by atoms with Crippen LogP contribution in [0.15, 0.2) is 12.7 Å². The van der Waals surface area contributed by atoms with E-state index in [1.807, 2.05) is 0 Å². The number of fused-ring (bicyclic) bond motifs is 1. The number of hydrogen-bond acceptors (Lipinski definition) is 7. The molecular weight excluding hydrogens is 329 g/mol. The van der Waals surface area contributed by atoms with Gasteiger partial charge in [0.15, 0.2) is 5.82 Å². The lowest BCUT2D eigenvalue weighted by atomic mass is 10.2. The minimum absolute atomic E-state index is 0.225. The second-order valence-corrected chi connectivity index (χ2v) is 6.52. The standard InChI is InChI=1S/C11H16N5O6P/c1-15-5-16(11-9(15)10(12)13-4-14-11)8-2-6(17)7(22-8)3-21-23(18,19)20/h4-8,17H,2-3H2,1H3,(H3-,12,13,14,18,19,20)/p+1/t6-,7+,8+/m0/s1. The Bertz CT molecular complexity index is 776. The fraction of sp³-hybridized carbons (Fsp3) is 0.545. The molecule has 3 heterocycles. The molecule has 1 aliphatic rings. The van der Waals surface area contributed by atoms with Gasteiger partial charge in [-0.05, 0) is 0 Å². The van der Waals surface area contributed by atoms with Gasteiger partial charge in [-0.15, -0.1) is 0 Å². The summed E-state index contributed by atoms with van der Waals surface area (Å²) in [5.74, 6) is 0.316. The first-order valence-corrected chi connectivity index (χ1v) is 8.29. The molecule has 0 amide bonds. The Labute approximate surface area is 130 Å². The van der Waals surface area contributed by atoms with Crippen LogP contribution in [0.2, 0.25) is 0 Å². The number of aryl methyl sites for hydroxylation is 1. The fourth-order valence-electron chi connectivity index (χ4n) is 2.63. The Morgan fingerprint density at radius 2 is 2.30 bits per heavy atom. The number of nitrogens with zero attached hydrogens (tertiary/aromatic N) is 4. The Morgan fingerprint density at radius 3 is 3.00 bits per heavy atom. The normalized spacial score (nSPS) is 25.3. The van der Waals surface area contributed by atoms with Crippen LogP contribution >= 0.6 is 7.82 Å². The van der Waals surface area contributed by atoms with Crippen LogP contribution in [-0.2, 0) is 20.9 Å². The first-order valence-electron chi connectivity index (χ1n) is 6.76. The lowest BCUT2D eigenvalue weighted by Crippen LogP contribution is -2.27. The number of anilines is 1. The number of aromatic nitrogens is 4. The highest BCUT2D eigenvalue weighted by Gasteiger charge is 2.40. The summed E-state index contributed by atoms with van der Waals surface area (Å²) in [6, 6.07) is 0. The lowest BCUT2D eigenvalue weighted by molar-refractivity contribution is -0.645. The third kappa shape index (κ3) is 3.20. The minimum Gasteiger partial charge on any atom is -0.390 e. The van der Waals surface area contributed by atoms with Gasteiger partial charge in [-0.3, -0.25) is 4.52 Å². The molecule has 126 valence electrons. The Balaban J connectivity index is 1.84. The average molecular weight is 346 g/mol. The molecule has 0 bridgehead atoms.